The number of sulfonamides is 1. The Hall–Kier alpha value is -2.38. The van der Waals surface area contributed by atoms with Crippen LogP contribution in [0.4, 0.5) is 0 Å². The molecular weight excluding hydrogens is 366 g/mol. The minimum absolute atomic E-state index is 0.104. The maximum Gasteiger partial charge on any atom is 0.307 e. The van der Waals surface area contributed by atoms with E-state index in [9.17, 15) is 13.2 Å². The molecule has 0 saturated heterocycles. The average Bonchev–Trinajstić information content (AvgIpc) is 2.62. The Morgan fingerprint density at radius 2 is 1.63 bits per heavy atom. The van der Waals surface area contributed by atoms with Gasteiger partial charge in [-0.3, -0.25) is 4.79 Å². The molecule has 0 bridgehead atoms. The molecule has 0 radical (unpaired) electrons. The summed E-state index contributed by atoms with van der Waals surface area (Å²) in [5.74, 6) is 0.209. The van der Waals surface area contributed by atoms with Gasteiger partial charge in [0.1, 0.15) is 5.75 Å². The van der Waals surface area contributed by atoms with Crippen molar-refractivity contribution < 1.29 is 22.7 Å². The number of ether oxygens (including phenoxy) is 2. The number of hydrogen-bond donors (Lipinski definition) is 1. The number of esters is 1. The Morgan fingerprint density at radius 1 is 1.00 bits per heavy atom. The van der Waals surface area contributed by atoms with Gasteiger partial charge in [0.15, 0.2) is 0 Å². The van der Waals surface area contributed by atoms with Crippen molar-refractivity contribution in [2.45, 2.75) is 38.1 Å². The molecule has 0 spiro atoms. The maximum atomic E-state index is 12.7. The van der Waals surface area contributed by atoms with Crippen LogP contribution in [0.5, 0.6) is 5.75 Å². The second kappa shape index (κ2) is 9.53. The molecule has 27 heavy (non-hydrogen) atoms. The topological polar surface area (TPSA) is 81.7 Å². The second-order valence-electron chi connectivity index (χ2n) is 6.00. The van der Waals surface area contributed by atoms with Gasteiger partial charge in [-0.2, -0.15) is 0 Å². The summed E-state index contributed by atoms with van der Waals surface area (Å²) in [7, 11) is -3.79. The number of hydrogen-bond acceptors (Lipinski definition) is 5. The largest absolute Gasteiger partial charge is 0.494 e. The maximum absolute atomic E-state index is 12.7. The molecule has 2 aromatic carbocycles. The molecule has 146 valence electrons. The highest BCUT2D eigenvalue weighted by atomic mass is 32.2. The molecule has 7 heteroatoms. The van der Waals surface area contributed by atoms with E-state index < -0.39 is 22.0 Å². The molecule has 0 unspecified atom stereocenters. The number of aryl methyl sites for hydroxylation is 1. The predicted molar refractivity (Wildman–Crippen MR) is 103 cm³/mol. The van der Waals surface area contributed by atoms with Crippen molar-refractivity contribution in [3.8, 4) is 5.75 Å². The van der Waals surface area contributed by atoms with Crippen LogP contribution in [0.2, 0.25) is 0 Å². The van der Waals surface area contributed by atoms with Gasteiger partial charge in [0.25, 0.3) is 0 Å². The molecule has 0 saturated carbocycles. The second-order valence-corrected chi connectivity index (χ2v) is 7.71. The zero-order valence-electron chi connectivity index (χ0n) is 15.8. The van der Waals surface area contributed by atoms with Crippen molar-refractivity contribution in [1.29, 1.82) is 0 Å². The Balaban J connectivity index is 2.28. The van der Waals surface area contributed by atoms with Gasteiger partial charge in [0.2, 0.25) is 10.0 Å². The highest BCUT2D eigenvalue weighted by Crippen LogP contribution is 2.23. The van der Waals surface area contributed by atoms with E-state index in [1.807, 2.05) is 13.8 Å². The summed E-state index contributed by atoms with van der Waals surface area (Å²) in [6.45, 7) is 6.24. The molecule has 0 aliphatic rings. The highest BCUT2D eigenvalue weighted by molar-refractivity contribution is 7.89. The molecule has 0 fully saturated rings. The summed E-state index contributed by atoms with van der Waals surface area (Å²) in [6, 6.07) is 12.8. The first kappa shape index (κ1) is 20.9. The zero-order chi connectivity index (χ0) is 19.9. The van der Waals surface area contributed by atoms with E-state index in [2.05, 4.69) is 4.72 Å². The van der Waals surface area contributed by atoms with Crippen molar-refractivity contribution in [3.63, 3.8) is 0 Å². The van der Waals surface area contributed by atoms with Crippen LogP contribution in [-0.2, 0) is 19.6 Å². The van der Waals surface area contributed by atoms with Crippen LogP contribution in [0.3, 0.4) is 0 Å². The van der Waals surface area contributed by atoms with Gasteiger partial charge >= 0.3 is 5.97 Å². The van der Waals surface area contributed by atoms with Crippen LogP contribution in [-0.4, -0.2) is 27.6 Å². The lowest BCUT2D eigenvalue weighted by Crippen LogP contribution is -2.30. The van der Waals surface area contributed by atoms with Gasteiger partial charge in [0.05, 0.1) is 30.6 Å². The molecule has 1 atom stereocenters. The van der Waals surface area contributed by atoms with E-state index in [-0.39, 0.29) is 17.9 Å². The molecule has 1 N–H and O–H groups in total. The van der Waals surface area contributed by atoms with E-state index in [4.69, 9.17) is 9.47 Å². The molecular formula is C20H25NO5S. The van der Waals surface area contributed by atoms with Gasteiger partial charge in [-0.1, -0.05) is 29.8 Å². The van der Waals surface area contributed by atoms with Gasteiger partial charge in [-0.05, 0) is 50.6 Å². The first-order valence-corrected chi connectivity index (χ1v) is 10.3. The van der Waals surface area contributed by atoms with Crippen molar-refractivity contribution in [2.24, 2.45) is 0 Å². The fourth-order valence-electron chi connectivity index (χ4n) is 2.55. The summed E-state index contributed by atoms with van der Waals surface area (Å²) in [5.41, 5.74) is 1.62. The summed E-state index contributed by atoms with van der Waals surface area (Å²) < 4.78 is 38.5. The minimum atomic E-state index is -3.79. The highest BCUT2D eigenvalue weighted by Gasteiger charge is 2.24. The molecule has 2 aromatic rings. The van der Waals surface area contributed by atoms with E-state index in [0.29, 0.717) is 17.9 Å². The van der Waals surface area contributed by atoms with Gasteiger partial charge in [-0.15, -0.1) is 0 Å². The first-order chi connectivity index (χ1) is 12.9. The Kier molecular flexibility index (Phi) is 7.38. The van der Waals surface area contributed by atoms with E-state index in [0.717, 1.165) is 5.56 Å². The van der Waals surface area contributed by atoms with E-state index >= 15 is 0 Å². The fourth-order valence-corrected chi connectivity index (χ4v) is 3.77. The molecule has 2 rings (SSSR count). The summed E-state index contributed by atoms with van der Waals surface area (Å²) in [5, 5.41) is 0. The number of benzene rings is 2. The lowest BCUT2D eigenvalue weighted by molar-refractivity contribution is -0.143. The molecule has 0 amide bonds. The van der Waals surface area contributed by atoms with Gasteiger partial charge in [0, 0.05) is 0 Å². The number of carbonyl (C=O) groups excluding carboxylic acids is 1. The van der Waals surface area contributed by atoms with Crippen LogP contribution in [0.1, 0.15) is 37.4 Å². The fraction of sp³-hybridized carbons (Fsp3) is 0.350. The third-order valence-corrected chi connectivity index (χ3v) is 5.39. The summed E-state index contributed by atoms with van der Waals surface area (Å²) in [4.78, 5) is 12.1. The molecule has 6 nitrogen and oxygen atoms in total. The Bertz CT molecular complexity index is 845. The van der Waals surface area contributed by atoms with E-state index in [1.54, 1.807) is 43.3 Å². The van der Waals surface area contributed by atoms with Crippen LogP contribution in [0, 0.1) is 6.92 Å². The van der Waals surface area contributed by atoms with Crippen molar-refractivity contribution in [2.75, 3.05) is 13.2 Å². The lowest BCUT2D eigenvalue weighted by Gasteiger charge is -2.19. The first-order valence-electron chi connectivity index (χ1n) is 8.83. The normalized spacial score (nSPS) is 12.4. The van der Waals surface area contributed by atoms with Crippen LogP contribution in [0.15, 0.2) is 53.4 Å². The third kappa shape index (κ3) is 6.08. The summed E-state index contributed by atoms with van der Waals surface area (Å²) >= 11 is 0. The van der Waals surface area contributed by atoms with Gasteiger partial charge in [-0.25, -0.2) is 13.1 Å². The van der Waals surface area contributed by atoms with Crippen molar-refractivity contribution in [3.05, 3.63) is 59.7 Å². The number of carbonyl (C=O) groups is 1. The molecule has 0 aliphatic carbocycles. The number of rotatable bonds is 9. The summed E-state index contributed by atoms with van der Waals surface area (Å²) in [6.07, 6.45) is -0.104. The standard InChI is InChI=1S/C20H25NO5S/c1-4-25-17-10-8-16(9-11-17)19(14-20(22)26-5-2)21-27(23,24)18-12-6-15(3)7-13-18/h6-13,19,21H,4-5,14H2,1-3H3/t19-/m1/s1. The smallest absolute Gasteiger partial charge is 0.307 e. The Labute approximate surface area is 160 Å². The van der Waals surface area contributed by atoms with E-state index in [1.165, 1.54) is 12.1 Å². The quantitative estimate of drug-likeness (QED) is 0.663. The van der Waals surface area contributed by atoms with Crippen molar-refractivity contribution >= 4 is 16.0 Å². The third-order valence-electron chi connectivity index (χ3n) is 3.90. The van der Waals surface area contributed by atoms with Gasteiger partial charge < -0.3 is 9.47 Å². The SMILES string of the molecule is CCOC(=O)C[C@@H](NS(=O)(=O)c1ccc(C)cc1)c1ccc(OCC)cc1. The molecule has 0 aliphatic heterocycles. The molecule has 0 heterocycles. The zero-order valence-corrected chi connectivity index (χ0v) is 16.6. The van der Waals surface area contributed by atoms with Crippen molar-refractivity contribution in [1.82, 2.24) is 4.72 Å². The monoisotopic (exact) mass is 391 g/mol. The molecule has 0 aromatic heterocycles. The predicted octanol–water partition coefficient (Wildman–Crippen LogP) is 3.37. The minimum Gasteiger partial charge on any atom is -0.494 e. The number of nitrogens with one attached hydrogen (secondary N) is 1. The van der Waals surface area contributed by atoms with Crippen LogP contribution < -0.4 is 9.46 Å². The van der Waals surface area contributed by atoms with Crippen LogP contribution in [0.25, 0.3) is 0 Å². The van der Waals surface area contributed by atoms with Crippen LogP contribution >= 0.6 is 0 Å². The average molecular weight is 391 g/mol. The lowest BCUT2D eigenvalue weighted by atomic mass is 10.0. The Morgan fingerprint density at radius 3 is 2.19 bits per heavy atom.